The molecule has 1 aromatic heterocycles. The van der Waals surface area contributed by atoms with Gasteiger partial charge in [0.2, 0.25) is 0 Å². The number of hydrogen-bond acceptors (Lipinski definition) is 7. The number of aromatic nitrogens is 2. The van der Waals surface area contributed by atoms with Gasteiger partial charge in [-0.1, -0.05) is 41.5 Å². The SMILES string of the molecule is CC(C)(C)OC(=O)Nc1ccn([C@H]2C[C@H](O[Si](C)(C)C(C)(C)C)[C@@H](CO[Si](C)(C)C(C)(C)C)O2)c(=O)n1. The fourth-order valence-corrected chi connectivity index (χ4v) is 5.69. The molecule has 2 rings (SSSR count). The van der Waals surface area contributed by atoms with Crippen molar-refractivity contribution in [3.8, 4) is 0 Å². The molecule has 212 valence electrons. The maximum Gasteiger partial charge on any atom is 0.413 e. The number of nitrogens with one attached hydrogen (secondary N) is 1. The Hall–Kier alpha value is -1.54. The van der Waals surface area contributed by atoms with E-state index in [-0.39, 0.29) is 28.1 Å². The van der Waals surface area contributed by atoms with Crippen LogP contribution in [0.1, 0.15) is 75.0 Å². The predicted octanol–water partition coefficient (Wildman–Crippen LogP) is 6.29. The highest BCUT2D eigenvalue weighted by Crippen LogP contribution is 2.42. The Balaban J connectivity index is 2.25. The number of hydrogen-bond donors (Lipinski definition) is 1. The molecule has 0 radical (unpaired) electrons. The summed E-state index contributed by atoms with van der Waals surface area (Å²) in [5, 5.41) is 2.61. The number of ether oxygens (including phenoxy) is 2. The molecule has 9 nitrogen and oxygen atoms in total. The molecule has 1 aliphatic rings. The van der Waals surface area contributed by atoms with E-state index in [1.807, 2.05) is 0 Å². The number of carbonyl (C=O) groups excluding carboxylic acids is 1. The first-order valence-electron chi connectivity index (χ1n) is 13.1. The van der Waals surface area contributed by atoms with Gasteiger partial charge in [0.1, 0.15) is 23.8 Å². The third-order valence-corrected chi connectivity index (χ3v) is 16.6. The molecule has 0 aromatic carbocycles. The van der Waals surface area contributed by atoms with Crippen molar-refractivity contribution in [3.63, 3.8) is 0 Å². The van der Waals surface area contributed by atoms with Gasteiger partial charge in [0.05, 0.1) is 12.7 Å². The van der Waals surface area contributed by atoms with Crippen LogP contribution in [0.25, 0.3) is 0 Å². The largest absolute Gasteiger partial charge is 0.444 e. The fraction of sp³-hybridized carbons (Fsp3) is 0.808. The van der Waals surface area contributed by atoms with Gasteiger partial charge >= 0.3 is 11.8 Å². The van der Waals surface area contributed by atoms with Crippen LogP contribution < -0.4 is 11.0 Å². The monoisotopic (exact) mass is 555 g/mol. The van der Waals surface area contributed by atoms with E-state index in [0.717, 1.165) is 0 Å². The average molecular weight is 556 g/mol. The molecular weight excluding hydrogens is 506 g/mol. The maximum absolute atomic E-state index is 12.9. The Labute approximate surface area is 224 Å². The lowest BCUT2D eigenvalue weighted by molar-refractivity contribution is -0.0411. The third kappa shape index (κ3) is 8.48. The van der Waals surface area contributed by atoms with Crippen molar-refractivity contribution in [1.29, 1.82) is 0 Å². The Morgan fingerprint density at radius 3 is 2.11 bits per heavy atom. The summed E-state index contributed by atoms with van der Waals surface area (Å²) in [5.41, 5.74) is -1.17. The van der Waals surface area contributed by atoms with E-state index in [1.54, 1.807) is 33.0 Å². The van der Waals surface area contributed by atoms with Crippen LogP contribution in [0.2, 0.25) is 36.3 Å². The number of anilines is 1. The van der Waals surface area contributed by atoms with Crippen LogP contribution in [-0.4, -0.2) is 56.7 Å². The van der Waals surface area contributed by atoms with Crippen LogP contribution in [0.4, 0.5) is 10.6 Å². The third-order valence-electron chi connectivity index (χ3n) is 7.62. The Kier molecular flexibility index (Phi) is 9.35. The van der Waals surface area contributed by atoms with E-state index in [9.17, 15) is 9.59 Å². The van der Waals surface area contributed by atoms with Gasteiger partial charge in [-0.3, -0.25) is 9.88 Å². The summed E-state index contributed by atoms with van der Waals surface area (Å²) < 4.78 is 26.4. The van der Waals surface area contributed by atoms with Gasteiger partial charge in [-0.15, -0.1) is 0 Å². The van der Waals surface area contributed by atoms with Gasteiger partial charge < -0.3 is 18.3 Å². The van der Waals surface area contributed by atoms with Crippen LogP contribution in [0, 0.1) is 0 Å². The van der Waals surface area contributed by atoms with E-state index in [4.69, 9.17) is 18.3 Å². The zero-order chi connectivity index (χ0) is 28.6. The van der Waals surface area contributed by atoms with Crippen molar-refractivity contribution in [2.45, 2.75) is 129 Å². The normalized spacial score (nSPS) is 21.7. The Morgan fingerprint density at radius 1 is 1.05 bits per heavy atom. The molecule has 2 heterocycles. The molecular formula is C26H49N3O6Si2. The number of rotatable bonds is 7. The van der Waals surface area contributed by atoms with Gasteiger partial charge in [0.15, 0.2) is 16.6 Å². The lowest BCUT2D eigenvalue weighted by atomic mass is 10.2. The second-order valence-electron chi connectivity index (χ2n) is 14.0. The molecule has 0 saturated carbocycles. The molecule has 1 amide bonds. The molecule has 1 saturated heterocycles. The summed E-state index contributed by atoms with van der Waals surface area (Å²) >= 11 is 0. The second-order valence-corrected chi connectivity index (χ2v) is 23.5. The van der Waals surface area contributed by atoms with Crippen LogP contribution >= 0.6 is 0 Å². The van der Waals surface area contributed by atoms with Gasteiger partial charge in [-0.25, -0.2) is 9.59 Å². The minimum atomic E-state index is -2.10. The van der Waals surface area contributed by atoms with Crippen LogP contribution in [0.15, 0.2) is 17.1 Å². The van der Waals surface area contributed by atoms with E-state index in [1.165, 1.54) is 4.57 Å². The van der Waals surface area contributed by atoms with Crippen molar-refractivity contribution >= 4 is 28.5 Å². The first-order valence-corrected chi connectivity index (χ1v) is 18.9. The van der Waals surface area contributed by atoms with Crippen LogP contribution in [0.3, 0.4) is 0 Å². The number of amides is 1. The molecule has 37 heavy (non-hydrogen) atoms. The highest BCUT2D eigenvalue weighted by molar-refractivity contribution is 6.74. The standard InChI is InChI=1S/C26H49N3O6Si2/c1-24(2,3)34-23(31)28-20-14-15-29(22(30)27-20)21-16-18(35-37(12,13)26(7,8)9)19(33-21)17-32-36(10,11)25(4,5)6/h14-15,18-19,21H,16-17H2,1-13H3,(H,27,28,30,31)/t18-,19+,21+/m0/s1. The van der Waals surface area contributed by atoms with Crippen molar-refractivity contribution in [3.05, 3.63) is 22.7 Å². The van der Waals surface area contributed by atoms with E-state index >= 15 is 0 Å². The Bertz CT molecular complexity index is 1010. The highest BCUT2D eigenvalue weighted by Gasteiger charge is 2.46. The fourth-order valence-electron chi connectivity index (χ4n) is 3.32. The highest BCUT2D eigenvalue weighted by atomic mass is 28.4. The Morgan fingerprint density at radius 2 is 1.62 bits per heavy atom. The van der Waals surface area contributed by atoms with E-state index in [0.29, 0.717) is 13.0 Å². The molecule has 11 heteroatoms. The van der Waals surface area contributed by atoms with Crippen molar-refractivity contribution in [1.82, 2.24) is 9.55 Å². The lowest BCUT2D eigenvalue weighted by Gasteiger charge is -2.40. The van der Waals surface area contributed by atoms with Gasteiger partial charge in [-0.05, 0) is 63.1 Å². The molecule has 0 aliphatic carbocycles. The van der Waals surface area contributed by atoms with Crippen molar-refractivity contribution in [2.24, 2.45) is 0 Å². The first kappa shape index (κ1) is 31.7. The van der Waals surface area contributed by atoms with Gasteiger partial charge in [0.25, 0.3) is 0 Å². The number of nitrogens with zero attached hydrogens (tertiary/aromatic N) is 2. The first-order chi connectivity index (χ1) is 16.5. The predicted molar refractivity (Wildman–Crippen MR) is 152 cm³/mol. The van der Waals surface area contributed by atoms with Crippen LogP contribution in [0.5, 0.6) is 0 Å². The molecule has 3 atom stereocenters. The smallest absolute Gasteiger partial charge is 0.413 e. The van der Waals surface area contributed by atoms with Gasteiger partial charge in [-0.2, -0.15) is 4.98 Å². The van der Waals surface area contributed by atoms with Crippen molar-refractivity contribution < 1.29 is 23.1 Å². The minimum absolute atomic E-state index is 0.0310. The zero-order valence-corrected chi connectivity index (χ0v) is 27.1. The summed E-state index contributed by atoms with van der Waals surface area (Å²) in [6.45, 7) is 27.8. The molecule has 1 fully saturated rings. The van der Waals surface area contributed by atoms with Crippen LogP contribution in [-0.2, 0) is 18.3 Å². The van der Waals surface area contributed by atoms with Gasteiger partial charge in [0, 0.05) is 12.6 Å². The summed E-state index contributed by atoms with van der Waals surface area (Å²) in [5.74, 6) is 0.125. The summed E-state index contributed by atoms with van der Waals surface area (Å²) in [7, 11) is -4.11. The average Bonchev–Trinajstić information content (AvgIpc) is 3.04. The molecule has 1 aromatic rings. The quantitative estimate of drug-likeness (QED) is 0.395. The molecule has 0 spiro atoms. The molecule has 0 bridgehead atoms. The second kappa shape index (κ2) is 10.9. The minimum Gasteiger partial charge on any atom is -0.444 e. The summed E-state index contributed by atoms with van der Waals surface area (Å²) in [4.78, 5) is 29.0. The molecule has 0 unspecified atom stereocenters. The van der Waals surface area contributed by atoms with Crippen molar-refractivity contribution in [2.75, 3.05) is 11.9 Å². The lowest BCUT2D eigenvalue weighted by Crippen LogP contribution is -2.48. The maximum atomic E-state index is 12.9. The summed E-state index contributed by atoms with van der Waals surface area (Å²) in [6, 6.07) is 1.57. The summed E-state index contributed by atoms with van der Waals surface area (Å²) in [6.07, 6.45) is 0.381. The zero-order valence-electron chi connectivity index (χ0n) is 25.1. The number of carbonyl (C=O) groups is 1. The molecule has 1 aliphatic heterocycles. The van der Waals surface area contributed by atoms with E-state index in [2.05, 4.69) is 78.0 Å². The molecule has 1 N–H and O–H groups in total. The van der Waals surface area contributed by atoms with E-state index < -0.39 is 40.2 Å². The topological polar surface area (TPSA) is 101 Å².